The molecule has 1 saturated heterocycles. The summed E-state index contributed by atoms with van der Waals surface area (Å²) in [4.78, 5) is 18.2. The number of carbonyl (C=O) groups is 1. The lowest BCUT2D eigenvalue weighted by molar-refractivity contribution is -0.135. The molecule has 0 radical (unpaired) electrons. The predicted molar refractivity (Wildman–Crippen MR) is 105 cm³/mol. The van der Waals surface area contributed by atoms with Crippen LogP contribution in [0.4, 0.5) is 4.39 Å². The van der Waals surface area contributed by atoms with Crippen molar-refractivity contribution in [2.75, 3.05) is 26.7 Å². The minimum Gasteiger partial charge on any atom is -0.486 e. The van der Waals surface area contributed by atoms with Gasteiger partial charge in [-0.25, -0.2) is 4.39 Å². The van der Waals surface area contributed by atoms with Gasteiger partial charge in [0.2, 0.25) is 5.91 Å². The standard InChI is InChI=1S/C20H31FN4O2/c1-14(2)19(26)25-11-9-16(10-12-25)24-20(22-4)23-13-15(3)27-18-8-6-5-7-17(18)21/h5-8,14-16H,9-13H2,1-4H3,(H2,22,23,24). The molecule has 1 unspecified atom stereocenters. The van der Waals surface area contributed by atoms with Crippen molar-refractivity contribution in [2.45, 2.75) is 45.8 Å². The van der Waals surface area contributed by atoms with Gasteiger partial charge in [0.05, 0.1) is 6.54 Å². The molecule has 1 aromatic carbocycles. The van der Waals surface area contributed by atoms with E-state index in [1.54, 1.807) is 25.2 Å². The summed E-state index contributed by atoms with van der Waals surface area (Å²) in [5, 5.41) is 6.62. The predicted octanol–water partition coefficient (Wildman–Crippen LogP) is 2.41. The SMILES string of the molecule is CN=C(NCC(C)Oc1ccccc1F)NC1CCN(C(=O)C(C)C)CC1. The molecule has 2 rings (SSSR count). The van der Waals surface area contributed by atoms with Gasteiger partial charge in [-0.2, -0.15) is 0 Å². The average molecular weight is 378 g/mol. The van der Waals surface area contributed by atoms with Crippen LogP contribution in [-0.2, 0) is 4.79 Å². The topological polar surface area (TPSA) is 66.0 Å². The number of benzene rings is 1. The molecule has 1 atom stereocenters. The first kappa shape index (κ1) is 21.0. The van der Waals surface area contributed by atoms with Gasteiger partial charge < -0.3 is 20.3 Å². The molecule has 0 bridgehead atoms. The summed E-state index contributed by atoms with van der Waals surface area (Å²) in [5.41, 5.74) is 0. The zero-order valence-corrected chi connectivity index (χ0v) is 16.7. The molecular formula is C20H31FN4O2. The van der Waals surface area contributed by atoms with Crippen LogP contribution in [0.25, 0.3) is 0 Å². The van der Waals surface area contributed by atoms with E-state index in [-0.39, 0.29) is 35.5 Å². The number of carbonyl (C=O) groups excluding carboxylic acids is 1. The van der Waals surface area contributed by atoms with Gasteiger partial charge in [-0.1, -0.05) is 26.0 Å². The Hall–Kier alpha value is -2.31. The second-order valence-corrected chi connectivity index (χ2v) is 7.21. The Labute approximate surface area is 161 Å². The Morgan fingerprint density at radius 3 is 2.56 bits per heavy atom. The van der Waals surface area contributed by atoms with Gasteiger partial charge in [0.15, 0.2) is 17.5 Å². The van der Waals surface area contributed by atoms with Gasteiger partial charge in [-0.3, -0.25) is 9.79 Å². The highest BCUT2D eigenvalue weighted by Gasteiger charge is 2.24. The first-order valence-corrected chi connectivity index (χ1v) is 9.57. The van der Waals surface area contributed by atoms with Crippen LogP contribution in [0.5, 0.6) is 5.75 Å². The highest BCUT2D eigenvalue weighted by atomic mass is 19.1. The number of nitrogens with one attached hydrogen (secondary N) is 2. The molecule has 1 aromatic rings. The van der Waals surface area contributed by atoms with Crippen molar-refractivity contribution in [3.63, 3.8) is 0 Å². The van der Waals surface area contributed by atoms with E-state index in [9.17, 15) is 9.18 Å². The van der Waals surface area contributed by atoms with Crippen LogP contribution in [0.2, 0.25) is 0 Å². The minimum atomic E-state index is -0.366. The molecular weight excluding hydrogens is 347 g/mol. The molecule has 6 nitrogen and oxygen atoms in total. The number of amides is 1. The molecule has 7 heteroatoms. The summed E-state index contributed by atoms with van der Waals surface area (Å²) in [7, 11) is 1.72. The molecule has 2 N–H and O–H groups in total. The Kier molecular flexibility index (Phi) is 7.88. The number of hydrogen-bond acceptors (Lipinski definition) is 3. The Bertz CT molecular complexity index is 643. The smallest absolute Gasteiger partial charge is 0.225 e. The average Bonchev–Trinajstić information content (AvgIpc) is 2.66. The van der Waals surface area contributed by atoms with E-state index in [0.29, 0.717) is 12.5 Å². The van der Waals surface area contributed by atoms with Crippen molar-refractivity contribution < 1.29 is 13.9 Å². The van der Waals surface area contributed by atoms with Crippen LogP contribution in [-0.4, -0.2) is 55.6 Å². The van der Waals surface area contributed by atoms with Gasteiger partial charge >= 0.3 is 0 Å². The number of hydrogen-bond donors (Lipinski definition) is 2. The van der Waals surface area contributed by atoms with E-state index in [2.05, 4.69) is 15.6 Å². The van der Waals surface area contributed by atoms with Crippen molar-refractivity contribution >= 4 is 11.9 Å². The number of ether oxygens (including phenoxy) is 1. The fraction of sp³-hybridized carbons (Fsp3) is 0.600. The summed E-state index contributed by atoms with van der Waals surface area (Å²) in [6, 6.07) is 6.65. The number of nitrogens with zero attached hydrogens (tertiary/aromatic N) is 2. The monoisotopic (exact) mass is 378 g/mol. The van der Waals surface area contributed by atoms with E-state index in [1.165, 1.54) is 6.07 Å². The third-order valence-corrected chi connectivity index (χ3v) is 4.59. The van der Waals surface area contributed by atoms with Gasteiger partial charge in [0.1, 0.15) is 6.10 Å². The lowest BCUT2D eigenvalue weighted by Gasteiger charge is -2.34. The van der Waals surface area contributed by atoms with E-state index >= 15 is 0 Å². The maximum absolute atomic E-state index is 13.7. The first-order valence-electron chi connectivity index (χ1n) is 9.57. The maximum atomic E-state index is 13.7. The van der Waals surface area contributed by atoms with Crippen molar-refractivity contribution in [2.24, 2.45) is 10.9 Å². The van der Waals surface area contributed by atoms with Crippen molar-refractivity contribution in [1.82, 2.24) is 15.5 Å². The third-order valence-electron chi connectivity index (χ3n) is 4.59. The van der Waals surface area contributed by atoms with Crippen molar-refractivity contribution in [3.8, 4) is 5.75 Å². The van der Waals surface area contributed by atoms with Crippen molar-refractivity contribution in [1.29, 1.82) is 0 Å². The molecule has 150 valence electrons. The number of guanidine groups is 1. The summed E-state index contributed by atoms with van der Waals surface area (Å²) in [6.07, 6.45) is 1.56. The van der Waals surface area contributed by atoms with Crippen LogP contribution in [0.15, 0.2) is 29.3 Å². The molecule has 0 spiro atoms. The summed E-state index contributed by atoms with van der Waals surface area (Å²) in [6.45, 7) is 7.77. The molecule has 1 aliphatic heterocycles. The third kappa shape index (κ3) is 6.41. The minimum absolute atomic E-state index is 0.0416. The molecule has 0 aliphatic carbocycles. The lowest BCUT2D eigenvalue weighted by atomic mass is 10.0. The van der Waals surface area contributed by atoms with Gasteiger partial charge in [-0.05, 0) is 31.9 Å². The number of piperidine rings is 1. The Morgan fingerprint density at radius 1 is 1.30 bits per heavy atom. The van der Waals surface area contributed by atoms with Crippen molar-refractivity contribution in [3.05, 3.63) is 30.1 Å². The molecule has 27 heavy (non-hydrogen) atoms. The highest BCUT2D eigenvalue weighted by molar-refractivity contribution is 5.80. The molecule has 1 fully saturated rings. The number of rotatable bonds is 6. The fourth-order valence-corrected chi connectivity index (χ4v) is 3.04. The van der Waals surface area contributed by atoms with Gasteiger partial charge in [0, 0.05) is 32.1 Å². The number of halogens is 1. The first-order chi connectivity index (χ1) is 12.9. The maximum Gasteiger partial charge on any atom is 0.225 e. The quantitative estimate of drug-likeness (QED) is 0.589. The van der Waals surface area contributed by atoms with E-state index in [1.807, 2.05) is 25.7 Å². The van der Waals surface area contributed by atoms with Crippen LogP contribution in [0, 0.1) is 11.7 Å². The Morgan fingerprint density at radius 2 is 1.96 bits per heavy atom. The van der Waals surface area contributed by atoms with Gasteiger partial charge in [-0.15, -0.1) is 0 Å². The summed E-state index contributed by atoms with van der Waals surface area (Å²) >= 11 is 0. The molecule has 0 saturated carbocycles. The molecule has 1 aliphatic rings. The highest BCUT2D eigenvalue weighted by Crippen LogP contribution is 2.17. The summed E-state index contributed by atoms with van der Waals surface area (Å²) < 4.78 is 19.3. The van der Waals surface area contributed by atoms with Crippen LogP contribution >= 0.6 is 0 Å². The fourth-order valence-electron chi connectivity index (χ4n) is 3.04. The molecule has 1 amide bonds. The van der Waals surface area contributed by atoms with Crippen LogP contribution < -0.4 is 15.4 Å². The number of likely N-dealkylation sites (tertiary alicyclic amines) is 1. The normalized spacial score (nSPS) is 17.0. The van der Waals surface area contributed by atoms with E-state index in [0.717, 1.165) is 25.9 Å². The molecule has 1 heterocycles. The lowest BCUT2D eigenvalue weighted by Crippen LogP contribution is -2.51. The number of aliphatic imine (C=N–C) groups is 1. The van der Waals surface area contributed by atoms with Crippen LogP contribution in [0.3, 0.4) is 0 Å². The van der Waals surface area contributed by atoms with E-state index in [4.69, 9.17) is 4.74 Å². The molecule has 0 aromatic heterocycles. The Balaban J connectivity index is 1.75. The zero-order valence-electron chi connectivity index (χ0n) is 16.7. The zero-order chi connectivity index (χ0) is 19.8. The number of para-hydroxylation sites is 1. The largest absolute Gasteiger partial charge is 0.486 e. The van der Waals surface area contributed by atoms with Gasteiger partial charge in [0.25, 0.3) is 0 Å². The second kappa shape index (κ2) is 10.1. The van der Waals surface area contributed by atoms with E-state index < -0.39 is 0 Å². The summed E-state index contributed by atoms with van der Waals surface area (Å²) in [5.74, 6) is 0.828. The second-order valence-electron chi connectivity index (χ2n) is 7.21. The van der Waals surface area contributed by atoms with Crippen LogP contribution in [0.1, 0.15) is 33.6 Å².